The molecule has 4 aromatic rings. The number of rotatable bonds is 7. The Morgan fingerprint density at radius 3 is 2.59 bits per heavy atom. The normalized spacial score (nSPS) is 10.9. The number of hydrogen-bond donors (Lipinski definition) is 1. The third-order valence-corrected chi connectivity index (χ3v) is 6.28. The average molecular weight is 543 g/mol. The molecule has 0 fully saturated rings. The second kappa shape index (κ2) is 10.4. The highest BCUT2D eigenvalue weighted by atomic mass is 79.9. The number of aryl methyl sites for hydroxylation is 1. The summed E-state index contributed by atoms with van der Waals surface area (Å²) in [5.41, 5.74) is 3.66. The summed E-state index contributed by atoms with van der Waals surface area (Å²) in [5, 5.41) is 7.75. The summed E-state index contributed by atoms with van der Waals surface area (Å²) in [4.78, 5) is 13.0. The molecule has 8 heteroatoms. The summed E-state index contributed by atoms with van der Waals surface area (Å²) < 4.78 is 22.6. The number of halogens is 3. The summed E-state index contributed by atoms with van der Waals surface area (Å²) >= 11 is 9.57. The van der Waals surface area contributed by atoms with Crippen molar-refractivity contribution in [2.24, 2.45) is 0 Å². The van der Waals surface area contributed by atoms with Crippen molar-refractivity contribution in [2.45, 2.75) is 27.0 Å². The second-order valence-corrected chi connectivity index (χ2v) is 9.12. The predicted molar refractivity (Wildman–Crippen MR) is 135 cm³/mol. The van der Waals surface area contributed by atoms with E-state index in [1.807, 2.05) is 43.3 Å². The zero-order valence-electron chi connectivity index (χ0n) is 18.6. The lowest BCUT2D eigenvalue weighted by Gasteiger charge is -2.10. The van der Waals surface area contributed by atoms with E-state index in [1.54, 1.807) is 35.9 Å². The van der Waals surface area contributed by atoms with Gasteiger partial charge < -0.3 is 10.1 Å². The van der Waals surface area contributed by atoms with E-state index in [2.05, 4.69) is 26.3 Å². The first-order valence-electron chi connectivity index (χ1n) is 10.6. The summed E-state index contributed by atoms with van der Waals surface area (Å²) in [5.74, 6) is 0.0830. The molecule has 1 amide bonds. The third-order valence-electron chi connectivity index (χ3n) is 5.40. The van der Waals surface area contributed by atoms with Crippen LogP contribution in [0.15, 0.2) is 71.2 Å². The molecule has 0 saturated heterocycles. The number of ether oxygens (including phenoxy) is 1. The van der Waals surface area contributed by atoms with Crippen molar-refractivity contribution in [2.75, 3.05) is 5.32 Å². The van der Waals surface area contributed by atoms with E-state index in [0.29, 0.717) is 39.8 Å². The molecule has 0 bridgehead atoms. The molecule has 0 saturated carbocycles. The van der Waals surface area contributed by atoms with Crippen LogP contribution >= 0.6 is 27.5 Å². The Hall–Kier alpha value is -3.16. The quantitative estimate of drug-likeness (QED) is 0.275. The van der Waals surface area contributed by atoms with Crippen LogP contribution in [0.5, 0.6) is 5.75 Å². The molecule has 4 rings (SSSR count). The summed E-state index contributed by atoms with van der Waals surface area (Å²) in [6, 6.07) is 19.4. The minimum absolute atomic E-state index is 0.164. The van der Waals surface area contributed by atoms with Crippen LogP contribution in [0.4, 0.5) is 10.1 Å². The zero-order valence-corrected chi connectivity index (χ0v) is 21.0. The first-order valence-corrected chi connectivity index (χ1v) is 11.7. The van der Waals surface area contributed by atoms with Gasteiger partial charge in [0, 0.05) is 20.6 Å². The third kappa shape index (κ3) is 5.48. The molecule has 3 aromatic carbocycles. The van der Waals surface area contributed by atoms with Crippen molar-refractivity contribution in [3.05, 3.63) is 110 Å². The Balaban J connectivity index is 1.47. The van der Waals surface area contributed by atoms with E-state index in [4.69, 9.17) is 16.3 Å². The van der Waals surface area contributed by atoms with Gasteiger partial charge in [0.25, 0.3) is 5.91 Å². The maximum absolute atomic E-state index is 14.2. The SMILES string of the molecule is Cc1nn(Cc2c(F)cccc2Cl)c(C)c1NC(=O)c1cccc(COc2ccc(Br)cc2)c1. The maximum atomic E-state index is 14.2. The molecule has 0 spiro atoms. The van der Waals surface area contributed by atoms with Gasteiger partial charge in [-0.05, 0) is 67.9 Å². The van der Waals surface area contributed by atoms with E-state index >= 15 is 0 Å². The molecule has 0 aliphatic rings. The minimum Gasteiger partial charge on any atom is -0.489 e. The highest BCUT2D eigenvalue weighted by Gasteiger charge is 2.17. The molecule has 1 heterocycles. The van der Waals surface area contributed by atoms with Gasteiger partial charge in [0.2, 0.25) is 0 Å². The molecule has 5 nitrogen and oxygen atoms in total. The van der Waals surface area contributed by atoms with Gasteiger partial charge >= 0.3 is 0 Å². The number of amides is 1. The highest BCUT2D eigenvalue weighted by molar-refractivity contribution is 9.10. The van der Waals surface area contributed by atoms with E-state index < -0.39 is 5.82 Å². The van der Waals surface area contributed by atoms with Crippen LogP contribution in [-0.2, 0) is 13.2 Å². The van der Waals surface area contributed by atoms with Crippen molar-refractivity contribution >= 4 is 39.1 Å². The fourth-order valence-electron chi connectivity index (χ4n) is 3.55. The van der Waals surface area contributed by atoms with E-state index in [1.165, 1.54) is 6.07 Å². The van der Waals surface area contributed by atoms with Crippen molar-refractivity contribution in [1.29, 1.82) is 0 Å². The second-order valence-electron chi connectivity index (χ2n) is 7.80. The highest BCUT2D eigenvalue weighted by Crippen LogP contribution is 2.25. The number of carbonyl (C=O) groups is 1. The molecule has 1 N–H and O–H groups in total. The fourth-order valence-corrected chi connectivity index (χ4v) is 4.04. The van der Waals surface area contributed by atoms with Gasteiger partial charge in [0.1, 0.15) is 18.2 Å². The number of carbonyl (C=O) groups excluding carboxylic acids is 1. The van der Waals surface area contributed by atoms with E-state index in [-0.39, 0.29) is 12.5 Å². The van der Waals surface area contributed by atoms with Crippen molar-refractivity contribution in [1.82, 2.24) is 9.78 Å². The molecular weight excluding hydrogens is 521 g/mol. The molecule has 34 heavy (non-hydrogen) atoms. The van der Waals surface area contributed by atoms with Crippen LogP contribution in [0.3, 0.4) is 0 Å². The topological polar surface area (TPSA) is 56.2 Å². The molecule has 1 aromatic heterocycles. The lowest BCUT2D eigenvalue weighted by molar-refractivity contribution is 0.102. The first kappa shape index (κ1) is 24.0. The summed E-state index contributed by atoms with van der Waals surface area (Å²) in [7, 11) is 0. The van der Waals surface area contributed by atoms with Gasteiger partial charge in [0.15, 0.2) is 0 Å². The Labute approximate surface area is 210 Å². The molecule has 0 atom stereocenters. The number of nitrogens with one attached hydrogen (secondary N) is 1. The first-order chi connectivity index (χ1) is 16.3. The van der Waals surface area contributed by atoms with Crippen LogP contribution in [0.1, 0.15) is 32.9 Å². The summed E-state index contributed by atoms with van der Waals surface area (Å²) in [6.45, 7) is 4.12. The van der Waals surface area contributed by atoms with Crippen molar-refractivity contribution in [3.63, 3.8) is 0 Å². The van der Waals surface area contributed by atoms with Crippen molar-refractivity contribution < 1.29 is 13.9 Å². The molecular formula is C26H22BrClFN3O2. The van der Waals surface area contributed by atoms with Crippen LogP contribution in [0, 0.1) is 19.7 Å². The molecule has 0 aliphatic carbocycles. The van der Waals surface area contributed by atoms with Gasteiger partial charge in [-0.2, -0.15) is 5.10 Å². The fraction of sp³-hybridized carbons (Fsp3) is 0.154. The largest absolute Gasteiger partial charge is 0.489 e. The lowest BCUT2D eigenvalue weighted by Crippen LogP contribution is -2.14. The summed E-state index contributed by atoms with van der Waals surface area (Å²) in [6.07, 6.45) is 0. The molecule has 0 aliphatic heterocycles. The zero-order chi connectivity index (χ0) is 24.2. The predicted octanol–water partition coefficient (Wildman–Crippen LogP) is 6.93. The average Bonchev–Trinajstić information content (AvgIpc) is 3.08. The van der Waals surface area contributed by atoms with Crippen LogP contribution in [0.25, 0.3) is 0 Å². The number of aromatic nitrogens is 2. The standard InChI is InChI=1S/C26H22BrClFN3O2/c1-16-25(17(2)32(31-16)14-22-23(28)7-4-8-24(22)29)30-26(33)19-6-3-5-18(13-19)15-34-21-11-9-20(27)10-12-21/h3-13H,14-15H2,1-2H3,(H,30,33). The molecule has 174 valence electrons. The Kier molecular flexibility index (Phi) is 7.34. The number of hydrogen-bond acceptors (Lipinski definition) is 3. The number of anilines is 1. The van der Waals surface area contributed by atoms with E-state index in [9.17, 15) is 9.18 Å². The molecule has 0 unspecified atom stereocenters. The number of benzene rings is 3. The smallest absolute Gasteiger partial charge is 0.255 e. The van der Waals surface area contributed by atoms with E-state index in [0.717, 1.165) is 15.8 Å². The Bertz CT molecular complexity index is 1320. The van der Waals surface area contributed by atoms with Crippen molar-refractivity contribution in [3.8, 4) is 5.75 Å². The van der Waals surface area contributed by atoms with Crippen LogP contribution in [-0.4, -0.2) is 15.7 Å². The minimum atomic E-state index is -0.396. The lowest BCUT2D eigenvalue weighted by atomic mass is 10.1. The number of nitrogens with zero attached hydrogens (tertiary/aromatic N) is 2. The van der Waals surface area contributed by atoms with Gasteiger partial charge in [-0.15, -0.1) is 0 Å². The maximum Gasteiger partial charge on any atom is 0.255 e. The van der Waals surface area contributed by atoms with Crippen LogP contribution < -0.4 is 10.1 Å². The van der Waals surface area contributed by atoms with Crippen LogP contribution in [0.2, 0.25) is 5.02 Å². The van der Waals surface area contributed by atoms with Gasteiger partial charge in [-0.3, -0.25) is 9.48 Å². The monoisotopic (exact) mass is 541 g/mol. The Morgan fingerprint density at radius 1 is 1.12 bits per heavy atom. The van der Waals surface area contributed by atoms with Gasteiger partial charge in [0.05, 0.1) is 23.6 Å². The molecule has 0 radical (unpaired) electrons. The van der Waals surface area contributed by atoms with Gasteiger partial charge in [-0.1, -0.05) is 45.7 Å². The Morgan fingerprint density at radius 2 is 1.85 bits per heavy atom. The van der Waals surface area contributed by atoms with Gasteiger partial charge in [-0.25, -0.2) is 4.39 Å².